The number of pyridine rings is 1. The maximum Gasteiger partial charge on any atom is 0.252 e. The van der Waals surface area contributed by atoms with Gasteiger partial charge in [-0.2, -0.15) is 0 Å². The first kappa shape index (κ1) is 15.6. The highest BCUT2D eigenvalue weighted by molar-refractivity contribution is 5.93. The lowest BCUT2D eigenvalue weighted by Crippen LogP contribution is -2.36. The van der Waals surface area contributed by atoms with Gasteiger partial charge in [0, 0.05) is 49.8 Å². The number of carbonyl (C=O) groups excluding carboxylic acids is 2. The van der Waals surface area contributed by atoms with Crippen molar-refractivity contribution in [1.82, 2.24) is 15.2 Å². The van der Waals surface area contributed by atoms with Crippen LogP contribution in [0.15, 0.2) is 24.5 Å². The number of ether oxygens (including phenoxy) is 1. The molecular weight excluding hydrogens is 306 g/mol. The van der Waals surface area contributed by atoms with Crippen LogP contribution >= 0.6 is 0 Å². The summed E-state index contributed by atoms with van der Waals surface area (Å²) in [6.07, 6.45) is 4.37. The maximum absolute atomic E-state index is 12.4. The number of hydrogen-bond acceptors (Lipinski definition) is 4. The molecule has 0 radical (unpaired) electrons. The molecule has 128 valence electrons. The smallest absolute Gasteiger partial charge is 0.252 e. The van der Waals surface area contributed by atoms with Gasteiger partial charge in [-0.3, -0.25) is 14.6 Å². The number of nitrogens with zero attached hydrogens (tertiary/aromatic N) is 2. The number of fused-ring (bicyclic) bond motifs is 1. The Labute approximate surface area is 141 Å². The molecule has 1 saturated carbocycles. The Morgan fingerprint density at radius 2 is 2.25 bits per heavy atom. The van der Waals surface area contributed by atoms with Crippen LogP contribution in [0.1, 0.15) is 23.7 Å². The van der Waals surface area contributed by atoms with Crippen LogP contribution in [0.4, 0.5) is 0 Å². The maximum atomic E-state index is 12.4. The minimum Gasteiger partial charge on any atom is -0.376 e. The summed E-state index contributed by atoms with van der Waals surface area (Å²) in [5, 5.41) is 2.98. The van der Waals surface area contributed by atoms with Crippen molar-refractivity contribution in [3.8, 4) is 0 Å². The highest BCUT2D eigenvalue weighted by Crippen LogP contribution is 2.41. The van der Waals surface area contributed by atoms with E-state index >= 15 is 0 Å². The number of amides is 2. The van der Waals surface area contributed by atoms with Crippen molar-refractivity contribution in [3.05, 3.63) is 30.1 Å². The van der Waals surface area contributed by atoms with E-state index in [9.17, 15) is 9.59 Å². The summed E-state index contributed by atoms with van der Waals surface area (Å²) < 4.78 is 5.88. The molecule has 3 heterocycles. The van der Waals surface area contributed by atoms with E-state index in [2.05, 4.69) is 17.2 Å². The monoisotopic (exact) mass is 329 g/mol. The van der Waals surface area contributed by atoms with E-state index < -0.39 is 0 Å². The average Bonchev–Trinajstić information content (AvgIpc) is 3.02. The molecule has 1 aromatic heterocycles. The van der Waals surface area contributed by atoms with Crippen LogP contribution in [0.3, 0.4) is 0 Å². The molecule has 2 aliphatic heterocycles. The molecule has 3 aliphatic rings. The third-order valence-corrected chi connectivity index (χ3v) is 5.63. The van der Waals surface area contributed by atoms with Gasteiger partial charge < -0.3 is 15.0 Å². The molecule has 0 bridgehead atoms. The Kier molecular flexibility index (Phi) is 4.00. The quantitative estimate of drug-likeness (QED) is 0.892. The summed E-state index contributed by atoms with van der Waals surface area (Å²) in [6.45, 7) is 4.84. The van der Waals surface area contributed by atoms with Crippen molar-refractivity contribution in [1.29, 1.82) is 0 Å². The van der Waals surface area contributed by atoms with Gasteiger partial charge in [0.05, 0.1) is 18.3 Å². The predicted molar refractivity (Wildman–Crippen MR) is 87.1 cm³/mol. The molecule has 3 fully saturated rings. The highest BCUT2D eigenvalue weighted by atomic mass is 16.5. The molecule has 0 spiro atoms. The lowest BCUT2D eigenvalue weighted by atomic mass is 9.93. The first-order valence-corrected chi connectivity index (χ1v) is 8.72. The zero-order valence-corrected chi connectivity index (χ0v) is 13.9. The van der Waals surface area contributed by atoms with Crippen molar-refractivity contribution >= 4 is 11.8 Å². The standard InChI is InChI=1S/C18H23N3O3/c1-11-5-14(11)18(23)21-8-15-13(10-24-16(15)9-21)7-20-17(22)12-3-2-4-19-6-12/h2-4,6,11,13-16H,5,7-10H2,1H3,(H,20,22)/t11-,13-,14-,15+,16+/m0/s1. The second-order valence-electron chi connectivity index (χ2n) is 7.31. The molecule has 1 N–H and O–H groups in total. The second-order valence-corrected chi connectivity index (χ2v) is 7.31. The molecule has 2 saturated heterocycles. The summed E-state index contributed by atoms with van der Waals surface area (Å²) in [7, 11) is 0. The number of hydrogen-bond donors (Lipinski definition) is 1. The van der Waals surface area contributed by atoms with Gasteiger partial charge in [-0.1, -0.05) is 6.92 Å². The van der Waals surface area contributed by atoms with Crippen LogP contribution < -0.4 is 5.32 Å². The summed E-state index contributed by atoms with van der Waals surface area (Å²) >= 11 is 0. The van der Waals surface area contributed by atoms with Crippen LogP contribution in [0.5, 0.6) is 0 Å². The van der Waals surface area contributed by atoms with Gasteiger partial charge in [0.2, 0.25) is 5.91 Å². The van der Waals surface area contributed by atoms with Crippen molar-refractivity contribution in [2.45, 2.75) is 19.4 Å². The predicted octanol–water partition coefficient (Wildman–Crippen LogP) is 0.941. The van der Waals surface area contributed by atoms with E-state index in [-0.39, 0.29) is 23.8 Å². The Bertz CT molecular complexity index is 636. The van der Waals surface area contributed by atoms with Gasteiger partial charge in [0.15, 0.2) is 0 Å². The van der Waals surface area contributed by atoms with E-state index in [4.69, 9.17) is 4.74 Å². The minimum absolute atomic E-state index is 0.107. The summed E-state index contributed by atoms with van der Waals surface area (Å²) in [4.78, 5) is 30.5. The first-order chi connectivity index (χ1) is 11.6. The molecule has 0 unspecified atom stereocenters. The van der Waals surface area contributed by atoms with Crippen molar-refractivity contribution in [2.75, 3.05) is 26.2 Å². The number of nitrogens with one attached hydrogen (secondary N) is 1. The molecule has 5 atom stereocenters. The third kappa shape index (κ3) is 2.90. The Morgan fingerprint density at radius 1 is 1.42 bits per heavy atom. The minimum atomic E-state index is -0.107. The summed E-state index contributed by atoms with van der Waals surface area (Å²) in [6, 6.07) is 3.51. The second kappa shape index (κ2) is 6.16. The number of likely N-dealkylation sites (tertiary alicyclic amines) is 1. The van der Waals surface area contributed by atoms with Crippen LogP contribution in [-0.4, -0.2) is 54.0 Å². The molecule has 24 heavy (non-hydrogen) atoms. The van der Waals surface area contributed by atoms with Crippen LogP contribution in [0.25, 0.3) is 0 Å². The fourth-order valence-electron chi connectivity index (χ4n) is 3.91. The van der Waals surface area contributed by atoms with E-state index in [1.807, 2.05) is 4.90 Å². The molecule has 1 aliphatic carbocycles. The molecule has 0 aromatic carbocycles. The van der Waals surface area contributed by atoms with Gasteiger partial charge in [0.25, 0.3) is 5.91 Å². The van der Waals surface area contributed by atoms with Crippen molar-refractivity contribution in [2.24, 2.45) is 23.7 Å². The number of carbonyl (C=O) groups is 2. The van der Waals surface area contributed by atoms with E-state index in [0.29, 0.717) is 43.0 Å². The fourth-order valence-corrected chi connectivity index (χ4v) is 3.91. The Morgan fingerprint density at radius 3 is 2.96 bits per heavy atom. The van der Waals surface area contributed by atoms with Crippen LogP contribution in [0.2, 0.25) is 0 Å². The molecule has 4 rings (SSSR count). The molecular formula is C18H23N3O3. The van der Waals surface area contributed by atoms with E-state index in [1.165, 1.54) is 0 Å². The zero-order valence-electron chi connectivity index (χ0n) is 13.9. The normalized spacial score (nSPS) is 34.0. The van der Waals surface area contributed by atoms with Crippen LogP contribution in [0, 0.1) is 23.7 Å². The van der Waals surface area contributed by atoms with Gasteiger partial charge in [-0.25, -0.2) is 0 Å². The largest absolute Gasteiger partial charge is 0.376 e. The van der Waals surface area contributed by atoms with E-state index in [0.717, 1.165) is 13.0 Å². The Balaban J connectivity index is 1.31. The van der Waals surface area contributed by atoms with Gasteiger partial charge in [-0.05, 0) is 24.5 Å². The molecule has 1 aromatic rings. The molecule has 2 amide bonds. The van der Waals surface area contributed by atoms with Gasteiger partial charge in [0.1, 0.15) is 0 Å². The van der Waals surface area contributed by atoms with Crippen LogP contribution in [-0.2, 0) is 9.53 Å². The Hall–Kier alpha value is -1.95. The summed E-state index contributed by atoms with van der Waals surface area (Å²) in [5.41, 5.74) is 0.568. The lowest BCUT2D eigenvalue weighted by molar-refractivity contribution is -0.132. The molecule has 6 nitrogen and oxygen atoms in total. The average molecular weight is 329 g/mol. The van der Waals surface area contributed by atoms with Gasteiger partial charge >= 0.3 is 0 Å². The highest BCUT2D eigenvalue weighted by Gasteiger charge is 2.49. The van der Waals surface area contributed by atoms with Crippen molar-refractivity contribution in [3.63, 3.8) is 0 Å². The van der Waals surface area contributed by atoms with Crippen molar-refractivity contribution < 1.29 is 14.3 Å². The SMILES string of the molecule is C[C@H]1C[C@@H]1C(=O)N1C[C@@H]2[C@@H](CNC(=O)c3cccnc3)CO[C@@H]2C1. The number of aromatic nitrogens is 1. The first-order valence-electron chi connectivity index (χ1n) is 8.72. The third-order valence-electron chi connectivity index (χ3n) is 5.63. The summed E-state index contributed by atoms with van der Waals surface area (Å²) in [5.74, 6) is 1.55. The number of rotatable bonds is 4. The lowest BCUT2D eigenvalue weighted by Gasteiger charge is -2.20. The fraction of sp³-hybridized carbons (Fsp3) is 0.611. The van der Waals surface area contributed by atoms with Gasteiger partial charge in [-0.15, -0.1) is 0 Å². The topological polar surface area (TPSA) is 71.5 Å². The van der Waals surface area contributed by atoms with E-state index in [1.54, 1.807) is 24.5 Å². The molecule has 6 heteroatoms. The zero-order chi connectivity index (χ0) is 16.7.